The molecule has 18 heavy (non-hydrogen) atoms. The molecule has 0 saturated carbocycles. The number of rotatable bonds is 4. The number of ether oxygens (including phenoxy) is 2. The molecule has 1 saturated heterocycles. The Morgan fingerprint density at radius 3 is 2.94 bits per heavy atom. The molecule has 100 valence electrons. The summed E-state index contributed by atoms with van der Waals surface area (Å²) < 4.78 is 10.9. The zero-order valence-corrected chi connectivity index (χ0v) is 10.8. The molecule has 0 amide bonds. The summed E-state index contributed by atoms with van der Waals surface area (Å²) in [7, 11) is 0. The van der Waals surface area contributed by atoms with E-state index in [1.54, 1.807) is 0 Å². The van der Waals surface area contributed by atoms with Crippen molar-refractivity contribution in [1.82, 2.24) is 9.97 Å². The van der Waals surface area contributed by atoms with Crippen molar-refractivity contribution < 1.29 is 9.47 Å². The van der Waals surface area contributed by atoms with Gasteiger partial charge in [0, 0.05) is 12.1 Å². The number of hydrogen-bond acceptors (Lipinski definition) is 6. The van der Waals surface area contributed by atoms with Gasteiger partial charge < -0.3 is 20.5 Å². The van der Waals surface area contributed by atoms with Gasteiger partial charge in [0.2, 0.25) is 0 Å². The smallest absolute Gasteiger partial charge is 0.135 e. The molecule has 1 aromatic rings. The van der Waals surface area contributed by atoms with E-state index < -0.39 is 0 Å². The summed E-state index contributed by atoms with van der Waals surface area (Å²) in [6.45, 7) is 6.74. The van der Waals surface area contributed by atoms with Crippen molar-refractivity contribution in [3.63, 3.8) is 0 Å². The van der Waals surface area contributed by atoms with Crippen LogP contribution >= 0.6 is 0 Å². The van der Waals surface area contributed by atoms with E-state index in [9.17, 15) is 0 Å². The molecule has 3 N–H and O–H groups in total. The fraction of sp³-hybridized carbons (Fsp3) is 0.667. The van der Waals surface area contributed by atoms with Crippen molar-refractivity contribution in [2.24, 2.45) is 0 Å². The van der Waals surface area contributed by atoms with Crippen LogP contribution in [0.4, 0.5) is 11.6 Å². The van der Waals surface area contributed by atoms with Crippen LogP contribution in [-0.2, 0) is 9.47 Å². The van der Waals surface area contributed by atoms with E-state index in [4.69, 9.17) is 15.2 Å². The zero-order valence-electron chi connectivity index (χ0n) is 10.8. The van der Waals surface area contributed by atoms with Crippen molar-refractivity contribution in [3.8, 4) is 0 Å². The molecule has 6 nitrogen and oxygen atoms in total. The third kappa shape index (κ3) is 3.08. The Labute approximate surface area is 107 Å². The van der Waals surface area contributed by atoms with Crippen LogP contribution in [0.15, 0.2) is 6.33 Å². The molecule has 0 aromatic carbocycles. The highest BCUT2D eigenvalue weighted by molar-refractivity contribution is 5.56. The topological polar surface area (TPSA) is 82.3 Å². The monoisotopic (exact) mass is 252 g/mol. The molecule has 1 atom stereocenters. The predicted octanol–water partition coefficient (Wildman–Crippen LogP) is 1.01. The van der Waals surface area contributed by atoms with E-state index in [1.165, 1.54) is 6.33 Å². The van der Waals surface area contributed by atoms with Gasteiger partial charge in [-0.15, -0.1) is 0 Å². The maximum Gasteiger partial charge on any atom is 0.135 e. The number of nitrogens with one attached hydrogen (secondary N) is 1. The molecule has 2 heterocycles. The van der Waals surface area contributed by atoms with Gasteiger partial charge in [-0.3, -0.25) is 0 Å². The van der Waals surface area contributed by atoms with E-state index >= 15 is 0 Å². The Morgan fingerprint density at radius 1 is 1.44 bits per heavy atom. The van der Waals surface area contributed by atoms with Crippen LogP contribution in [0.25, 0.3) is 0 Å². The minimum absolute atomic E-state index is 0.0648. The highest BCUT2D eigenvalue weighted by atomic mass is 16.6. The number of nitrogen functional groups attached to an aromatic ring is 1. The normalized spacial score (nSPS) is 20.1. The predicted molar refractivity (Wildman–Crippen MR) is 69.6 cm³/mol. The zero-order chi connectivity index (χ0) is 13.0. The second-order valence-electron chi connectivity index (χ2n) is 4.62. The van der Waals surface area contributed by atoms with Crippen LogP contribution in [0.1, 0.15) is 25.3 Å². The van der Waals surface area contributed by atoms with Gasteiger partial charge in [0.05, 0.1) is 25.9 Å². The second-order valence-corrected chi connectivity index (χ2v) is 4.62. The molecule has 1 aromatic heterocycles. The third-order valence-electron chi connectivity index (χ3n) is 2.87. The third-order valence-corrected chi connectivity index (χ3v) is 2.87. The summed E-state index contributed by atoms with van der Waals surface area (Å²) in [5.41, 5.74) is 6.84. The molecular formula is C12H20N4O2. The Balaban J connectivity index is 2.02. The number of nitrogens with zero attached hydrogens (tertiary/aromatic N) is 2. The van der Waals surface area contributed by atoms with Crippen LogP contribution in [0.2, 0.25) is 0 Å². The molecular weight excluding hydrogens is 232 g/mol. The SMILES string of the molecule is CC(C)c1c(N)ncnc1NCC1COCCO1. The lowest BCUT2D eigenvalue weighted by atomic mass is 10.0. The summed E-state index contributed by atoms with van der Waals surface area (Å²) in [4.78, 5) is 8.27. The number of hydrogen-bond donors (Lipinski definition) is 2. The van der Waals surface area contributed by atoms with E-state index in [1.807, 2.05) is 0 Å². The Morgan fingerprint density at radius 2 is 2.28 bits per heavy atom. The lowest BCUT2D eigenvalue weighted by Crippen LogP contribution is -2.34. The van der Waals surface area contributed by atoms with Crippen molar-refractivity contribution in [1.29, 1.82) is 0 Å². The molecule has 6 heteroatoms. The van der Waals surface area contributed by atoms with Crippen molar-refractivity contribution in [2.45, 2.75) is 25.9 Å². The molecule has 2 rings (SSSR count). The number of anilines is 2. The molecule has 1 aliphatic rings. The first-order valence-electron chi connectivity index (χ1n) is 6.22. The van der Waals surface area contributed by atoms with E-state index in [0.717, 1.165) is 11.4 Å². The minimum Gasteiger partial charge on any atom is -0.383 e. The summed E-state index contributed by atoms with van der Waals surface area (Å²) in [5.74, 6) is 1.59. The fourth-order valence-corrected chi connectivity index (χ4v) is 1.98. The maximum absolute atomic E-state index is 5.88. The van der Waals surface area contributed by atoms with Crippen molar-refractivity contribution in [3.05, 3.63) is 11.9 Å². The lowest BCUT2D eigenvalue weighted by Gasteiger charge is -2.24. The molecule has 1 aliphatic heterocycles. The molecule has 0 radical (unpaired) electrons. The second kappa shape index (κ2) is 5.97. The molecule has 0 spiro atoms. The van der Waals surface area contributed by atoms with Gasteiger partial charge >= 0.3 is 0 Å². The largest absolute Gasteiger partial charge is 0.383 e. The maximum atomic E-state index is 5.88. The Kier molecular flexibility index (Phi) is 4.33. The van der Waals surface area contributed by atoms with Gasteiger partial charge in [0.1, 0.15) is 18.0 Å². The first-order chi connectivity index (χ1) is 8.68. The van der Waals surface area contributed by atoms with Crippen molar-refractivity contribution in [2.75, 3.05) is 37.4 Å². The van der Waals surface area contributed by atoms with Gasteiger partial charge in [0.15, 0.2) is 0 Å². The summed E-state index contributed by atoms with van der Waals surface area (Å²) >= 11 is 0. The Hall–Kier alpha value is -1.40. The van der Waals surface area contributed by atoms with Gasteiger partial charge in [-0.2, -0.15) is 0 Å². The van der Waals surface area contributed by atoms with E-state index in [2.05, 4.69) is 29.1 Å². The van der Waals surface area contributed by atoms with Gasteiger partial charge in [0.25, 0.3) is 0 Å². The summed E-state index contributed by atoms with van der Waals surface area (Å²) in [6, 6.07) is 0. The quantitative estimate of drug-likeness (QED) is 0.832. The van der Waals surface area contributed by atoms with Crippen LogP contribution in [0.5, 0.6) is 0 Å². The van der Waals surface area contributed by atoms with E-state index in [-0.39, 0.29) is 12.0 Å². The lowest BCUT2D eigenvalue weighted by molar-refractivity contribution is -0.0819. The van der Waals surface area contributed by atoms with Gasteiger partial charge in [-0.05, 0) is 5.92 Å². The van der Waals surface area contributed by atoms with E-state index in [0.29, 0.717) is 32.2 Å². The minimum atomic E-state index is 0.0648. The fourth-order valence-electron chi connectivity index (χ4n) is 1.98. The first kappa shape index (κ1) is 13.0. The highest BCUT2D eigenvalue weighted by Gasteiger charge is 2.17. The number of nitrogens with two attached hydrogens (primary N) is 1. The van der Waals surface area contributed by atoms with Crippen LogP contribution in [-0.4, -0.2) is 42.4 Å². The van der Waals surface area contributed by atoms with Gasteiger partial charge in [-0.1, -0.05) is 13.8 Å². The average molecular weight is 252 g/mol. The Bertz CT molecular complexity index is 392. The highest BCUT2D eigenvalue weighted by Crippen LogP contribution is 2.26. The van der Waals surface area contributed by atoms with Crippen LogP contribution < -0.4 is 11.1 Å². The summed E-state index contributed by atoms with van der Waals surface area (Å²) in [5, 5.41) is 3.27. The van der Waals surface area contributed by atoms with Crippen molar-refractivity contribution >= 4 is 11.6 Å². The molecule has 0 aliphatic carbocycles. The van der Waals surface area contributed by atoms with Gasteiger partial charge in [-0.25, -0.2) is 9.97 Å². The molecule has 1 fully saturated rings. The summed E-state index contributed by atoms with van der Waals surface area (Å²) in [6.07, 6.45) is 1.54. The van der Waals surface area contributed by atoms with Crippen LogP contribution in [0, 0.1) is 0 Å². The number of aromatic nitrogens is 2. The van der Waals surface area contributed by atoms with Crippen LogP contribution in [0.3, 0.4) is 0 Å². The first-order valence-corrected chi connectivity index (χ1v) is 6.22. The average Bonchev–Trinajstić information content (AvgIpc) is 2.37. The molecule has 0 bridgehead atoms. The molecule has 1 unspecified atom stereocenters. The standard InChI is InChI=1S/C12H20N4O2/c1-8(2)10-11(13)15-7-16-12(10)14-5-9-6-17-3-4-18-9/h7-9H,3-6H2,1-2H3,(H3,13,14,15,16).